The number of carbonyl (C=O) groups excluding carboxylic acids is 1. The van der Waals surface area contributed by atoms with Crippen LogP contribution in [0.2, 0.25) is 0 Å². The largest absolute Gasteiger partial charge is 0.317 e. The molecule has 1 amide bonds. The standard InChI is InChI=1S/C26H26N2O2/c29-18-28(26-12-6-5-7-20(26)19-13-15-27-16-14-19)30-17-25-23-10-3-1-8-21(23)22-9-2-4-11-24(22)25/h1-12,18-19,25,27H,13-17H2. The summed E-state index contributed by atoms with van der Waals surface area (Å²) in [5.74, 6) is 0.562. The molecule has 152 valence electrons. The summed E-state index contributed by atoms with van der Waals surface area (Å²) in [6.45, 7) is 2.44. The van der Waals surface area contributed by atoms with Gasteiger partial charge in [0.05, 0.1) is 12.3 Å². The highest BCUT2D eigenvalue weighted by atomic mass is 16.7. The fourth-order valence-corrected chi connectivity index (χ4v) is 4.92. The lowest BCUT2D eigenvalue weighted by Crippen LogP contribution is -2.29. The number of para-hydroxylation sites is 1. The van der Waals surface area contributed by atoms with E-state index in [2.05, 4.69) is 59.9 Å². The van der Waals surface area contributed by atoms with Crippen LogP contribution in [-0.4, -0.2) is 26.1 Å². The number of hydrogen-bond acceptors (Lipinski definition) is 3. The van der Waals surface area contributed by atoms with Gasteiger partial charge in [-0.25, -0.2) is 0 Å². The zero-order chi connectivity index (χ0) is 20.3. The number of rotatable bonds is 6. The fraction of sp³-hybridized carbons (Fsp3) is 0.269. The first kappa shape index (κ1) is 19.0. The third kappa shape index (κ3) is 3.42. The lowest BCUT2D eigenvalue weighted by Gasteiger charge is -2.28. The van der Waals surface area contributed by atoms with Crippen LogP contribution in [0.5, 0.6) is 0 Å². The summed E-state index contributed by atoms with van der Waals surface area (Å²) in [5, 5.41) is 4.85. The van der Waals surface area contributed by atoms with Gasteiger partial charge in [0, 0.05) is 5.92 Å². The minimum atomic E-state index is 0.117. The molecular formula is C26H26N2O2. The number of nitrogens with one attached hydrogen (secondary N) is 1. The Hall–Kier alpha value is -2.95. The maximum atomic E-state index is 12.0. The van der Waals surface area contributed by atoms with Gasteiger partial charge in [0.2, 0.25) is 6.41 Å². The van der Waals surface area contributed by atoms with Crippen molar-refractivity contribution in [2.24, 2.45) is 0 Å². The van der Waals surface area contributed by atoms with Gasteiger partial charge in [0.15, 0.2) is 0 Å². The molecule has 0 bridgehead atoms. The summed E-state index contributed by atoms with van der Waals surface area (Å²) in [4.78, 5) is 18.2. The molecule has 3 aromatic rings. The summed E-state index contributed by atoms with van der Waals surface area (Å²) in [7, 11) is 0. The molecule has 0 unspecified atom stereocenters. The number of fused-ring (bicyclic) bond motifs is 3. The van der Waals surface area contributed by atoms with Crippen LogP contribution in [0.3, 0.4) is 0 Å². The molecule has 1 N–H and O–H groups in total. The van der Waals surface area contributed by atoms with E-state index in [0.29, 0.717) is 12.5 Å². The third-order valence-corrected chi connectivity index (χ3v) is 6.39. The number of amides is 1. The van der Waals surface area contributed by atoms with Crippen molar-refractivity contribution in [1.29, 1.82) is 0 Å². The van der Waals surface area contributed by atoms with Gasteiger partial charge in [-0.3, -0.25) is 9.63 Å². The Bertz CT molecular complexity index is 997. The molecule has 2 aliphatic rings. The molecule has 30 heavy (non-hydrogen) atoms. The van der Waals surface area contributed by atoms with Gasteiger partial charge in [-0.2, -0.15) is 5.06 Å². The lowest BCUT2D eigenvalue weighted by molar-refractivity contribution is -0.114. The predicted molar refractivity (Wildman–Crippen MR) is 120 cm³/mol. The van der Waals surface area contributed by atoms with Crippen molar-refractivity contribution >= 4 is 12.1 Å². The highest BCUT2D eigenvalue weighted by molar-refractivity contribution is 5.79. The first-order valence-corrected chi connectivity index (χ1v) is 10.7. The summed E-state index contributed by atoms with van der Waals surface area (Å²) >= 11 is 0. The Labute approximate surface area is 177 Å². The van der Waals surface area contributed by atoms with Crippen molar-refractivity contribution in [2.75, 3.05) is 24.8 Å². The van der Waals surface area contributed by atoms with E-state index in [4.69, 9.17) is 4.84 Å². The predicted octanol–water partition coefficient (Wildman–Crippen LogP) is 4.86. The maximum absolute atomic E-state index is 12.0. The third-order valence-electron chi connectivity index (χ3n) is 6.39. The van der Waals surface area contributed by atoms with Gasteiger partial charge in [-0.1, -0.05) is 66.7 Å². The average molecular weight is 399 g/mol. The van der Waals surface area contributed by atoms with E-state index >= 15 is 0 Å². The number of carbonyl (C=O) groups is 1. The van der Waals surface area contributed by atoms with E-state index in [9.17, 15) is 4.79 Å². The summed E-state index contributed by atoms with van der Waals surface area (Å²) in [5.41, 5.74) is 7.09. The molecule has 0 saturated carbocycles. The molecular weight excluding hydrogens is 372 g/mol. The highest BCUT2D eigenvalue weighted by Crippen LogP contribution is 2.44. The van der Waals surface area contributed by atoms with Crippen LogP contribution in [-0.2, 0) is 9.63 Å². The summed E-state index contributed by atoms with van der Waals surface area (Å²) in [6, 6.07) is 25.1. The smallest absolute Gasteiger partial charge is 0.238 e. The first-order chi connectivity index (χ1) is 14.9. The molecule has 0 radical (unpaired) electrons. The number of hydrogen-bond donors (Lipinski definition) is 1. The molecule has 1 heterocycles. The van der Waals surface area contributed by atoms with Gasteiger partial charge in [0.1, 0.15) is 0 Å². The fourth-order valence-electron chi connectivity index (χ4n) is 4.92. The van der Waals surface area contributed by atoms with E-state index in [1.54, 1.807) is 0 Å². The number of hydroxylamine groups is 1. The Morgan fingerprint density at radius 3 is 2.03 bits per heavy atom. The number of piperidine rings is 1. The van der Waals surface area contributed by atoms with Crippen LogP contribution in [0.1, 0.15) is 41.4 Å². The SMILES string of the molecule is O=CN(OCC1c2ccccc2-c2ccccc21)c1ccccc1C1CCNCC1. The molecule has 1 aliphatic carbocycles. The van der Waals surface area contributed by atoms with Crippen LogP contribution < -0.4 is 10.4 Å². The number of nitrogens with zero attached hydrogens (tertiary/aromatic N) is 1. The molecule has 0 atom stereocenters. The van der Waals surface area contributed by atoms with Gasteiger partial charge in [0.25, 0.3) is 0 Å². The molecule has 1 aliphatic heterocycles. The quantitative estimate of drug-likeness (QED) is 0.476. The van der Waals surface area contributed by atoms with Gasteiger partial charge < -0.3 is 5.32 Å². The Kier molecular flexibility index (Phi) is 5.35. The summed E-state index contributed by atoms with van der Waals surface area (Å²) < 4.78 is 0. The van der Waals surface area contributed by atoms with Gasteiger partial charge in [-0.15, -0.1) is 0 Å². The zero-order valence-electron chi connectivity index (χ0n) is 17.0. The van der Waals surface area contributed by atoms with Crippen LogP contribution in [0.25, 0.3) is 11.1 Å². The zero-order valence-corrected chi connectivity index (χ0v) is 17.0. The van der Waals surface area contributed by atoms with Crippen LogP contribution >= 0.6 is 0 Å². The highest BCUT2D eigenvalue weighted by Gasteiger charge is 2.29. The van der Waals surface area contributed by atoms with Crippen molar-refractivity contribution in [2.45, 2.75) is 24.7 Å². The second-order valence-corrected chi connectivity index (χ2v) is 8.04. The maximum Gasteiger partial charge on any atom is 0.238 e. The molecule has 5 rings (SSSR count). The minimum absolute atomic E-state index is 0.117. The second-order valence-electron chi connectivity index (χ2n) is 8.04. The van der Waals surface area contributed by atoms with E-state index in [-0.39, 0.29) is 5.92 Å². The van der Waals surface area contributed by atoms with Crippen molar-refractivity contribution in [1.82, 2.24) is 5.32 Å². The lowest BCUT2D eigenvalue weighted by atomic mass is 9.89. The molecule has 0 aromatic heterocycles. The second kappa shape index (κ2) is 8.42. The Morgan fingerprint density at radius 2 is 1.40 bits per heavy atom. The monoisotopic (exact) mass is 398 g/mol. The Morgan fingerprint density at radius 1 is 0.833 bits per heavy atom. The first-order valence-electron chi connectivity index (χ1n) is 10.7. The molecule has 4 nitrogen and oxygen atoms in total. The van der Waals surface area contributed by atoms with Crippen molar-refractivity contribution in [3.8, 4) is 11.1 Å². The minimum Gasteiger partial charge on any atom is -0.317 e. The average Bonchev–Trinajstić information content (AvgIpc) is 3.14. The molecule has 4 heteroatoms. The van der Waals surface area contributed by atoms with E-state index in [0.717, 1.165) is 38.0 Å². The van der Waals surface area contributed by atoms with Gasteiger partial charge in [-0.05, 0) is 65.7 Å². The van der Waals surface area contributed by atoms with Crippen molar-refractivity contribution in [3.63, 3.8) is 0 Å². The summed E-state index contributed by atoms with van der Waals surface area (Å²) in [6.07, 6.45) is 2.95. The van der Waals surface area contributed by atoms with Crippen LogP contribution in [0.4, 0.5) is 5.69 Å². The van der Waals surface area contributed by atoms with E-state index < -0.39 is 0 Å². The normalized spacial score (nSPS) is 16.1. The van der Waals surface area contributed by atoms with Gasteiger partial charge >= 0.3 is 0 Å². The number of anilines is 1. The van der Waals surface area contributed by atoms with E-state index in [1.807, 2.05) is 18.2 Å². The molecule has 1 fully saturated rings. The topological polar surface area (TPSA) is 41.6 Å². The van der Waals surface area contributed by atoms with Crippen molar-refractivity contribution < 1.29 is 9.63 Å². The van der Waals surface area contributed by atoms with Crippen molar-refractivity contribution in [3.05, 3.63) is 89.5 Å². The molecule has 0 spiro atoms. The van der Waals surface area contributed by atoms with Crippen LogP contribution in [0.15, 0.2) is 72.8 Å². The molecule has 3 aromatic carbocycles. The number of benzene rings is 3. The Balaban J connectivity index is 1.41. The van der Waals surface area contributed by atoms with Crippen LogP contribution in [0, 0.1) is 0 Å². The molecule has 1 saturated heterocycles. The van der Waals surface area contributed by atoms with E-state index in [1.165, 1.54) is 32.9 Å².